The molecule has 92 valence electrons. The molecular weight excluding hydrogens is 222 g/mol. The summed E-state index contributed by atoms with van der Waals surface area (Å²) in [4.78, 5) is 12.8. The van der Waals surface area contributed by atoms with Gasteiger partial charge in [0.2, 0.25) is 0 Å². The summed E-state index contributed by atoms with van der Waals surface area (Å²) in [6.45, 7) is 1.45. The minimum atomic E-state index is -0.929. The van der Waals surface area contributed by atoms with E-state index in [1.165, 1.54) is 0 Å². The molecule has 0 saturated carbocycles. The van der Waals surface area contributed by atoms with Crippen molar-refractivity contribution >= 4 is 5.97 Å². The van der Waals surface area contributed by atoms with Crippen LogP contribution in [-0.4, -0.2) is 45.4 Å². The molecule has 1 atom stereocenters. The third-order valence-corrected chi connectivity index (χ3v) is 2.92. The molecule has 1 aliphatic rings. The third kappa shape index (κ3) is 2.63. The van der Waals surface area contributed by atoms with Crippen molar-refractivity contribution in [1.29, 1.82) is 0 Å². The summed E-state index contributed by atoms with van der Waals surface area (Å²) < 4.78 is 0. The number of aliphatic hydroxyl groups excluding tert-OH is 2. The van der Waals surface area contributed by atoms with Gasteiger partial charge in [0.15, 0.2) is 0 Å². The van der Waals surface area contributed by atoms with Crippen LogP contribution in [0, 0.1) is 0 Å². The Bertz CT molecular complexity index is 433. The maximum absolute atomic E-state index is 10.8. The molecule has 5 heteroatoms. The molecule has 1 aliphatic heterocycles. The van der Waals surface area contributed by atoms with Crippen molar-refractivity contribution in [3.8, 4) is 0 Å². The molecule has 1 aromatic carbocycles. The van der Waals surface area contributed by atoms with Crippen molar-refractivity contribution in [1.82, 2.24) is 4.90 Å². The monoisotopic (exact) mass is 237 g/mol. The lowest BCUT2D eigenvalue weighted by atomic mass is 10.1. The van der Waals surface area contributed by atoms with Gasteiger partial charge in [0.1, 0.15) is 0 Å². The second-order valence-electron chi connectivity index (χ2n) is 4.29. The molecule has 17 heavy (non-hydrogen) atoms. The highest BCUT2D eigenvalue weighted by molar-refractivity contribution is 5.87. The molecule has 3 N–H and O–H groups in total. The number of benzene rings is 1. The van der Waals surface area contributed by atoms with E-state index in [2.05, 4.69) is 0 Å². The molecule has 0 fully saturated rings. The summed E-state index contributed by atoms with van der Waals surface area (Å²) in [5.74, 6) is -0.929. The lowest BCUT2D eigenvalue weighted by Crippen LogP contribution is -2.30. The third-order valence-electron chi connectivity index (χ3n) is 2.92. The van der Waals surface area contributed by atoms with Crippen LogP contribution < -0.4 is 0 Å². The molecule has 0 aromatic heterocycles. The van der Waals surface area contributed by atoms with Gasteiger partial charge in [0.05, 0.1) is 18.3 Å². The number of β-amino-alcohol motifs (C(OH)–C–C–N with tert-alkyl or cyclic N) is 1. The first-order chi connectivity index (χ1) is 8.10. The highest BCUT2D eigenvalue weighted by Gasteiger charge is 2.21. The molecule has 0 amide bonds. The van der Waals surface area contributed by atoms with Crippen molar-refractivity contribution in [3.63, 3.8) is 0 Å². The average molecular weight is 237 g/mol. The Morgan fingerprint density at radius 1 is 1.35 bits per heavy atom. The quantitative estimate of drug-likeness (QED) is 0.689. The Morgan fingerprint density at radius 2 is 2.06 bits per heavy atom. The number of carboxylic acids is 1. The van der Waals surface area contributed by atoms with Gasteiger partial charge in [0.25, 0.3) is 0 Å². The predicted molar refractivity (Wildman–Crippen MR) is 60.6 cm³/mol. The van der Waals surface area contributed by atoms with Crippen LogP contribution in [-0.2, 0) is 13.1 Å². The van der Waals surface area contributed by atoms with Crippen LogP contribution in [0.2, 0.25) is 0 Å². The molecular formula is C12H15NO4. The summed E-state index contributed by atoms with van der Waals surface area (Å²) in [5.41, 5.74) is 2.35. The normalized spacial score (nSPS) is 16.8. The Hall–Kier alpha value is -1.43. The number of fused-ring (bicyclic) bond motifs is 1. The van der Waals surface area contributed by atoms with E-state index in [0.29, 0.717) is 19.6 Å². The summed E-state index contributed by atoms with van der Waals surface area (Å²) in [6, 6.07) is 5.07. The fraction of sp³-hybridized carbons (Fsp3) is 0.417. The zero-order valence-corrected chi connectivity index (χ0v) is 9.33. The maximum atomic E-state index is 10.8. The van der Waals surface area contributed by atoms with Crippen molar-refractivity contribution in [2.75, 3.05) is 13.2 Å². The first-order valence-electron chi connectivity index (χ1n) is 5.46. The minimum Gasteiger partial charge on any atom is -0.478 e. The Kier molecular flexibility index (Phi) is 3.42. The van der Waals surface area contributed by atoms with Crippen LogP contribution in [0.4, 0.5) is 0 Å². The minimum absolute atomic E-state index is 0.257. The van der Waals surface area contributed by atoms with Crippen molar-refractivity contribution < 1.29 is 20.1 Å². The van der Waals surface area contributed by atoms with Crippen LogP contribution in [0.1, 0.15) is 21.5 Å². The molecule has 0 bridgehead atoms. The first kappa shape index (κ1) is 12.0. The Morgan fingerprint density at radius 3 is 2.71 bits per heavy atom. The molecule has 1 heterocycles. The zero-order chi connectivity index (χ0) is 12.4. The van der Waals surface area contributed by atoms with E-state index in [1.54, 1.807) is 12.1 Å². The molecule has 1 aromatic rings. The number of hydrogen-bond donors (Lipinski definition) is 3. The van der Waals surface area contributed by atoms with Gasteiger partial charge in [-0.2, -0.15) is 0 Å². The van der Waals surface area contributed by atoms with Crippen LogP contribution in [0.25, 0.3) is 0 Å². The number of carboxylic acid groups (broad SMARTS) is 1. The van der Waals surface area contributed by atoms with E-state index in [1.807, 2.05) is 11.0 Å². The SMILES string of the molecule is O=C(O)c1ccc2c(c1)CN(CC(O)CO)C2. The lowest BCUT2D eigenvalue weighted by Gasteiger charge is -2.17. The molecule has 0 spiro atoms. The Balaban J connectivity index is 2.08. The smallest absolute Gasteiger partial charge is 0.335 e. The second-order valence-corrected chi connectivity index (χ2v) is 4.29. The van der Waals surface area contributed by atoms with Gasteiger partial charge < -0.3 is 15.3 Å². The van der Waals surface area contributed by atoms with Gasteiger partial charge in [-0.1, -0.05) is 6.07 Å². The molecule has 0 radical (unpaired) electrons. The van der Waals surface area contributed by atoms with Gasteiger partial charge in [-0.05, 0) is 23.3 Å². The highest BCUT2D eigenvalue weighted by atomic mass is 16.4. The number of rotatable bonds is 4. The van der Waals surface area contributed by atoms with Crippen LogP contribution in [0.5, 0.6) is 0 Å². The summed E-state index contributed by atoms with van der Waals surface area (Å²) >= 11 is 0. The molecule has 2 rings (SSSR count). The first-order valence-corrected chi connectivity index (χ1v) is 5.46. The van der Waals surface area contributed by atoms with Crippen molar-refractivity contribution in [2.45, 2.75) is 19.2 Å². The van der Waals surface area contributed by atoms with Gasteiger partial charge in [0, 0.05) is 19.6 Å². The summed E-state index contributed by atoms with van der Waals surface area (Å²) in [7, 11) is 0. The number of carbonyl (C=O) groups is 1. The number of aliphatic hydroxyl groups is 2. The van der Waals surface area contributed by atoms with Crippen LogP contribution in [0.3, 0.4) is 0 Å². The fourth-order valence-corrected chi connectivity index (χ4v) is 2.08. The van der Waals surface area contributed by atoms with Gasteiger partial charge in [-0.15, -0.1) is 0 Å². The molecule has 5 nitrogen and oxygen atoms in total. The van der Waals surface area contributed by atoms with E-state index < -0.39 is 12.1 Å². The van der Waals surface area contributed by atoms with E-state index in [9.17, 15) is 9.90 Å². The molecule has 0 saturated heterocycles. The fourth-order valence-electron chi connectivity index (χ4n) is 2.08. The zero-order valence-electron chi connectivity index (χ0n) is 9.33. The summed E-state index contributed by atoms with van der Waals surface area (Å²) in [6.07, 6.45) is -0.747. The molecule has 0 aliphatic carbocycles. The van der Waals surface area contributed by atoms with E-state index in [-0.39, 0.29) is 12.2 Å². The largest absolute Gasteiger partial charge is 0.478 e. The highest BCUT2D eigenvalue weighted by Crippen LogP contribution is 2.23. The van der Waals surface area contributed by atoms with E-state index in [4.69, 9.17) is 10.2 Å². The van der Waals surface area contributed by atoms with E-state index in [0.717, 1.165) is 11.1 Å². The van der Waals surface area contributed by atoms with Gasteiger partial charge in [-0.3, -0.25) is 4.90 Å². The Labute approximate surface area is 98.9 Å². The molecule has 1 unspecified atom stereocenters. The van der Waals surface area contributed by atoms with Crippen molar-refractivity contribution in [2.24, 2.45) is 0 Å². The topological polar surface area (TPSA) is 81.0 Å². The number of hydrogen-bond acceptors (Lipinski definition) is 4. The average Bonchev–Trinajstić information content (AvgIpc) is 2.69. The van der Waals surface area contributed by atoms with E-state index >= 15 is 0 Å². The standard InChI is InChI=1S/C12H15NO4/c14-7-11(15)6-13-4-9-2-1-8(12(16)17)3-10(9)5-13/h1-3,11,14-15H,4-7H2,(H,16,17). The second kappa shape index (κ2) is 4.83. The summed E-state index contributed by atoms with van der Waals surface area (Å²) in [5, 5.41) is 27.0. The lowest BCUT2D eigenvalue weighted by molar-refractivity contribution is 0.0582. The van der Waals surface area contributed by atoms with Crippen LogP contribution in [0.15, 0.2) is 18.2 Å². The predicted octanol–water partition coefficient (Wildman–Crippen LogP) is 0.0536. The van der Waals surface area contributed by atoms with Crippen molar-refractivity contribution in [3.05, 3.63) is 34.9 Å². The van der Waals surface area contributed by atoms with Gasteiger partial charge >= 0.3 is 5.97 Å². The van der Waals surface area contributed by atoms with Gasteiger partial charge in [-0.25, -0.2) is 4.79 Å². The number of nitrogens with zero attached hydrogens (tertiary/aromatic N) is 1. The number of aromatic carboxylic acids is 1. The van der Waals surface area contributed by atoms with Crippen LogP contribution >= 0.6 is 0 Å². The maximum Gasteiger partial charge on any atom is 0.335 e.